The normalized spacial score (nSPS) is 18.4. The van der Waals surface area contributed by atoms with E-state index in [1.54, 1.807) is 6.92 Å². The minimum atomic E-state index is -0.819. The summed E-state index contributed by atoms with van der Waals surface area (Å²) in [5.74, 6) is -1.46. The molecule has 0 radical (unpaired) electrons. The molecule has 1 amide bonds. The maximum absolute atomic E-state index is 13.7. The number of carbonyl (C=O) groups excluding carboxylic acids is 2. The van der Waals surface area contributed by atoms with E-state index in [0.717, 1.165) is 6.07 Å². The number of methoxy groups -OCH3 is 1. The SMILES string of the molecule is COC(=O)C1CN(C(=O)c2cc(N)c(C)c(F)c2)CCO1. The Hall–Kier alpha value is -2.15. The first kappa shape index (κ1) is 15.2. The van der Waals surface area contributed by atoms with Crippen molar-refractivity contribution in [2.75, 3.05) is 32.5 Å². The molecule has 1 aromatic carbocycles. The highest BCUT2D eigenvalue weighted by Crippen LogP contribution is 2.20. The third-order valence-electron chi connectivity index (χ3n) is 3.45. The van der Waals surface area contributed by atoms with Crippen molar-refractivity contribution in [3.63, 3.8) is 0 Å². The number of ether oxygens (including phenoxy) is 2. The number of morpholine rings is 1. The third-order valence-corrected chi connectivity index (χ3v) is 3.45. The molecule has 2 N–H and O–H groups in total. The lowest BCUT2D eigenvalue weighted by Crippen LogP contribution is -2.48. The molecule has 0 bridgehead atoms. The van der Waals surface area contributed by atoms with E-state index in [-0.39, 0.29) is 24.4 Å². The Kier molecular flexibility index (Phi) is 4.42. The van der Waals surface area contributed by atoms with Crippen LogP contribution >= 0.6 is 0 Å². The van der Waals surface area contributed by atoms with Gasteiger partial charge in [0.1, 0.15) is 5.82 Å². The molecular formula is C14H17FN2O4. The lowest BCUT2D eigenvalue weighted by Gasteiger charge is -2.31. The fraction of sp³-hybridized carbons (Fsp3) is 0.429. The zero-order chi connectivity index (χ0) is 15.6. The van der Waals surface area contributed by atoms with Crippen LogP contribution in [-0.4, -0.2) is 49.7 Å². The monoisotopic (exact) mass is 296 g/mol. The Morgan fingerprint density at radius 3 is 2.81 bits per heavy atom. The lowest BCUT2D eigenvalue weighted by atomic mass is 10.1. The highest BCUT2D eigenvalue weighted by molar-refractivity contribution is 5.95. The number of nitrogens with zero attached hydrogens (tertiary/aromatic N) is 1. The summed E-state index contributed by atoms with van der Waals surface area (Å²) in [4.78, 5) is 25.3. The number of halogens is 1. The van der Waals surface area contributed by atoms with E-state index in [1.165, 1.54) is 18.1 Å². The molecule has 1 unspecified atom stereocenters. The number of hydrogen-bond acceptors (Lipinski definition) is 5. The number of carbonyl (C=O) groups is 2. The number of nitrogens with two attached hydrogens (primary N) is 1. The van der Waals surface area contributed by atoms with Gasteiger partial charge in [0, 0.05) is 23.4 Å². The molecule has 114 valence electrons. The van der Waals surface area contributed by atoms with Gasteiger partial charge in [-0.05, 0) is 19.1 Å². The van der Waals surface area contributed by atoms with Crippen molar-refractivity contribution in [2.24, 2.45) is 0 Å². The maximum Gasteiger partial charge on any atom is 0.336 e. The van der Waals surface area contributed by atoms with Crippen LogP contribution in [0.25, 0.3) is 0 Å². The number of amides is 1. The molecule has 1 aliphatic rings. The fourth-order valence-electron chi connectivity index (χ4n) is 2.11. The van der Waals surface area contributed by atoms with Gasteiger partial charge in [-0.2, -0.15) is 0 Å². The Labute approximate surface area is 121 Å². The Balaban J connectivity index is 2.18. The fourth-order valence-corrected chi connectivity index (χ4v) is 2.11. The second kappa shape index (κ2) is 6.09. The predicted octanol–water partition coefficient (Wildman–Crippen LogP) is 0.730. The van der Waals surface area contributed by atoms with Crippen LogP contribution < -0.4 is 5.73 Å². The quantitative estimate of drug-likeness (QED) is 0.642. The van der Waals surface area contributed by atoms with Crippen molar-refractivity contribution in [1.29, 1.82) is 0 Å². The van der Waals surface area contributed by atoms with Gasteiger partial charge in [-0.15, -0.1) is 0 Å². The molecule has 1 atom stereocenters. The lowest BCUT2D eigenvalue weighted by molar-refractivity contribution is -0.158. The molecule has 0 aromatic heterocycles. The Morgan fingerprint density at radius 2 is 2.19 bits per heavy atom. The van der Waals surface area contributed by atoms with E-state index in [0.29, 0.717) is 12.1 Å². The minimum Gasteiger partial charge on any atom is -0.467 e. The molecule has 7 heteroatoms. The minimum absolute atomic E-state index is 0.0703. The first-order valence-corrected chi connectivity index (χ1v) is 6.48. The largest absolute Gasteiger partial charge is 0.467 e. The summed E-state index contributed by atoms with van der Waals surface area (Å²) in [5.41, 5.74) is 6.36. The van der Waals surface area contributed by atoms with Gasteiger partial charge in [-0.25, -0.2) is 9.18 Å². The summed E-state index contributed by atoms with van der Waals surface area (Å²) < 4.78 is 23.5. The third kappa shape index (κ3) is 3.13. The van der Waals surface area contributed by atoms with Crippen molar-refractivity contribution >= 4 is 17.6 Å². The summed E-state index contributed by atoms with van der Waals surface area (Å²) in [7, 11) is 1.25. The molecular weight excluding hydrogens is 279 g/mol. The van der Waals surface area contributed by atoms with Crippen molar-refractivity contribution in [3.05, 3.63) is 29.1 Å². The Bertz CT molecular complexity index is 553. The predicted molar refractivity (Wildman–Crippen MR) is 73.2 cm³/mol. The molecule has 1 aliphatic heterocycles. The molecule has 6 nitrogen and oxygen atoms in total. The standard InChI is InChI=1S/C14H17FN2O4/c1-8-10(15)5-9(6-11(8)16)13(18)17-3-4-21-12(7-17)14(19)20-2/h5-6,12H,3-4,7,16H2,1-2H3. The van der Waals surface area contributed by atoms with E-state index in [4.69, 9.17) is 10.5 Å². The molecule has 2 rings (SSSR count). The summed E-state index contributed by atoms with van der Waals surface area (Å²) in [5, 5.41) is 0. The van der Waals surface area contributed by atoms with Crippen LogP contribution in [0.5, 0.6) is 0 Å². The molecule has 0 saturated carbocycles. The van der Waals surface area contributed by atoms with Crippen LogP contribution in [0.2, 0.25) is 0 Å². The first-order valence-electron chi connectivity index (χ1n) is 6.48. The summed E-state index contributed by atoms with van der Waals surface area (Å²) >= 11 is 0. The number of nitrogen functional groups attached to an aromatic ring is 1. The highest BCUT2D eigenvalue weighted by Gasteiger charge is 2.30. The number of anilines is 1. The number of esters is 1. The van der Waals surface area contributed by atoms with Crippen LogP contribution in [0.15, 0.2) is 12.1 Å². The van der Waals surface area contributed by atoms with Gasteiger partial charge < -0.3 is 20.1 Å². The van der Waals surface area contributed by atoms with E-state index < -0.39 is 23.8 Å². The number of rotatable bonds is 2. The topological polar surface area (TPSA) is 81.9 Å². The molecule has 21 heavy (non-hydrogen) atoms. The van der Waals surface area contributed by atoms with Gasteiger partial charge in [0.25, 0.3) is 5.91 Å². The van der Waals surface area contributed by atoms with Crippen LogP contribution in [0.4, 0.5) is 10.1 Å². The average Bonchev–Trinajstić information content (AvgIpc) is 2.50. The van der Waals surface area contributed by atoms with Crippen LogP contribution in [0.1, 0.15) is 15.9 Å². The van der Waals surface area contributed by atoms with Crippen molar-refractivity contribution in [2.45, 2.75) is 13.0 Å². The molecule has 1 aromatic rings. The molecule has 1 fully saturated rings. The van der Waals surface area contributed by atoms with Crippen LogP contribution in [0, 0.1) is 12.7 Å². The van der Waals surface area contributed by atoms with Gasteiger partial charge in [0.2, 0.25) is 0 Å². The van der Waals surface area contributed by atoms with Gasteiger partial charge in [-0.1, -0.05) is 0 Å². The van der Waals surface area contributed by atoms with Crippen molar-refractivity contribution in [1.82, 2.24) is 4.90 Å². The molecule has 0 aliphatic carbocycles. The maximum atomic E-state index is 13.7. The van der Waals surface area contributed by atoms with Crippen LogP contribution in [-0.2, 0) is 14.3 Å². The first-order chi connectivity index (χ1) is 9.93. The zero-order valence-electron chi connectivity index (χ0n) is 11.9. The second-order valence-electron chi connectivity index (χ2n) is 4.81. The second-order valence-corrected chi connectivity index (χ2v) is 4.81. The van der Waals surface area contributed by atoms with E-state index in [9.17, 15) is 14.0 Å². The van der Waals surface area contributed by atoms with Crippen molar-refractivity contribution in [3.8, 4) is 0 Å². The smallest absolute Gasteiger partial charge is 0.336 e. The van der Waals surface area contributed by atoms with Crippen molar-refractivity contribution < 1.29 is 23.5 Å². The summed E-state index contributed by atoms with van der Waals surface area (Å²) in [6, 6.07) is 2.58. The van der Waals surface area contributed by atoms with E-state index >= 15 is 0 Å². The van der Waals surface area contributed by atoms with E-state index in [2.05, 4.69) is 4.74 Å². The zero-order valence-corrected chi connectivity index (χ0v) is 11.9. The Morgan fingerprint density at radius 1 is 1.48 bits per heavy atom. The summed E-state index contributed by atoms with van der Waals surface area (Å²) in [6.45, 7) is 2.15. The summed E-state index contributed by atoms with van der Waals surface area (Å²) in [6.07, 6.45) is -0.819. The average molecular weight is 296 g/mol. The van der Waals surface area contributed by atoms with Gasteiger partial charge in [-0.3, -0.25) is 4.79 Å². The molecule has 1 saturated heterocycles. The van der Waals surface area contributed by atoms with E-state index in [1.807, 2.05) is 0 Å². The van der Waals surface area contributed by atoms with Crippen LogP contribution in [0.3, 0.4) is 0 Å². The van der Waals surface area contributed by atoms with Gasteiger partial charge in [0.15, 0.2) is 6.10 Å². The number of benzene rings is 1. The molecule has 1 heterocycles. The highest BCUT2D eigenvalue weighted by atomic mass is 19.1. The number of hydrogen-bond donors (Lipinski definition) is 1. The van der Waals surface area contributed by atoms with Gasteiger partial charge >= 0.3 is 5.97 Å². The molecule has 0 spiro atoms. The van der Waals surface area contributed by atoms with Gasteiger partial charge in [0.05, 0.1) is 20.3 Å².